The molecule has 0 radical (unpaired) electrons. The molecule has 4 saturated carbocycles. The Bertz CT molecular complexity index is 4630. The molecule has 6 fully saturated rings. The first-order valence-electron chi connectivity index (χ1n) is 33.3. The number of benzene rings is 4. The van der Waals surface area contributed by atoms with Crippen molar-refractivity contribution in [1.29, 1.82) is 0 Å². The fraction of sp³-hybridized carbons (Fsp3) is 0.382. The van der Waals surface area contributed by atoms with Gasteiger partial charge in [-0.05, 0) is 134 Å². The van der Waals surface area contributed by atoms with Crippen molar-refractivity contribution < 1.29 is 64.6 Å². The normalized spacial score (nSPS) is 23.1. The zero-order valence-electron chi connectivity index (χ0n) is 56.5. The van der Waals surface area contributed by atoms with Gasteiger partial charge in [-0.25, -0.2) is 26.8 Å². The van der Waals surface area contributed by atoms with E-state index < -0.39 is 125 Å². The fourth-order valence-electron chi connectivity index (χ4n) is 13.0. The van der Waals surface area contributed by atoms with Crippen LogP contribution in [0.4, 0.5) is 11.9 Å². The Morgan fingerprint density at radius 3 is 1.30 bits per heavy atom. The standard InChI is InChI=1S/2C34H36ClN9O7S/c2*1-4-20-16-34(20,32(47)40-52(48,49)24-11-12-24)38-29(45)27-15-23(51-30-26-14-21(35)10-13-25(26)28(50-3)17-36-30)18-43(27)31(46)19(2)37-33-39-41-42-44(33)22-8-6-5-7-9-22/h2*4-10,13-14,17,19-20,23-24,27H,1,11-12,15-16,18H2,2-3H3,(H,38,45)(H,40,47)(H,37,39,42)/t2*19?,20-,23-,27+,34-/m11/s1. The van der Waals surface area contributed by atoms with Crippen molar-refractivity contribution in [1.82, 2.24) is 80.3 Å². The predicted molar refractivity (Wildman–Crippen MR) is 379 cm³/mol. The van der Waals surface area contributed by atoms with Crippen LogP contribution >= 0.6 is 23.2 Å². The third kappa shape index (κ3) is 14.7. The molecule has 6 N–H and O–H groups in total. The SMILES string of the molecule is C=C[C@@H]1C[C@]1(NC(=O)[C@@H]1C[C@@H](Oc2ncc(OC)c3ccc(Cl)cc23)CN1C(=O)C(C)Nc1nnnn1-c1ccccc1)C(=O)NS(=O)(=O)C1CC1.C=C[C@@H]1C[C@]1(NC(=O)[C@@H]1C[C@@H](Oc2ncc(OC)c3ccc(Cl)cc23)CN1C(=O)C(C)Nc1nnnn1-c1ccccc1)C(=O)NS(=O)(=O)C1CC1. The molecule has 6 amide bonds. The van der Waals surface area contributed by atoms with Gasteiger partial charge < -0.3 is 50.0 Å². The number of para-hydroxylation sites is 2. The Morgan fingerprint density at radius 1 is 0.567 bits per heavy atom. The number of carbonyl (C=O) groups is 6. The second-order valence-corrected chi connectivity index (χ2v) is 31.0. The zero-order chi connectivity index (χ0) is 73.6. The number of sulfonamides is 2. The van der Waals surface area contributed by atoms with Gasteiger partial charge in [-0.1, -0.05) is 81.9 Å². The van der Waals surface area contributed by atoms with Crippen molar-refractivity contribution in [3.05, 3.63) is 145 Å². The van der Waals surface area contributed by atoms with Gasteiger partial charge in [0.2, 0.25) is 67.3 Å². The minimum absolute atomic E-state index is 0.0253. The molecule has 14 rings (SSSR count). The smallest absolute Gasteiger partial charge is 0.259 e. The van der Waals surface area contributed by atoms with Crippen molar-refractivity contribution in [2.24, 2.45) is 11.8 Å². The highest BCUT2D eigenvalue weighted by Crippen LogP contribution is 2.47. The van der Waals surface area contributed by atoms with Crippen LogP contribution in [0.3, 0.4) is 0 Å². The molecular formula is C68H72Cl2N18O14S2. The Morgan fingerprint density at radius 2 is 0.952 bits per heavy atom. The van der Waals surface area contributed by atoms with E-state index in [1.165, 1.54) is 57.9 Å². The van der Waals surface area contributed by atoms with Crippen LogP contribution in [0, 0.1) is 11.8 Å². The molecule has 8 aromatic rings. The zero-order valence-corrected chi connectivity index (χ0v) is 59.6. The summed E-state index contributed by atoms with van der Waals surface area (Å²) in [6.07, 6.45) is 6.77. The molecule has 2 saturated heterocycles. The third-order valence-electron chi connectivity index (χ3n) is 19.1. The molecule has 2 aliphatic heterocycles. The van der Waals surface area contributed by atoms with E-state index in [-0.39, 0.29) is 62.4 Å². The van der Waals surface area contributed by atoms with Gasteiger partial charge in [0.25, 0.3) is 11.8 Å². The molecule has 4 aromatic carbocycles. The molecule has 32 nitrogen and oxygen atoms in total. The second-order valence-electron chi connectivity index (χ2n) is 26.2. The third-order valence-corrected chi connectivity index (χ3v) is 23.2. The van der Waals surface area contributed by atoms with E-state index in [0.29, 0.717) is 80.1 Å². The van der Waals surface area contributed by atoms with Crippen molar-refractivity contribution in [2.75, 3.05) is 37.9 Å². The van der Waals surface area contributed by atoms with E-state index in [1.54, 1.807) is 74.5 Å². The van der Waals surface area contributed by atoms with Crippen LogP contribution in [0.15, 0.2) is 135 Å². The summed E-state index contributed by atoms with van der Waals surface area (Å²) < 4.78 is 81.5. The highest BCUT2D eigenvalue weighted by atomic mass is 35.5. The first-order valence-corrected chi connectivity index (χ1v) is 37.1. The highest BCUT2D eigenvalue weighted by Gasteiger charge is 2.63. The summed E-state index contributed by atoms with van der Waals surface area (Å²) in [5, 5.41) is 37.5. The van der Waals surface area contributed by atoms with E-state index in [9.17, 15) is 45.6 Å². The van der Waals surface area contributed by atoms with Crippen LogP contribution in [0.25, 0.3) is 32.9 Å². The minimum Gasteiger partial charge on any atom is -0.494 e. The molecule has 10 atom stereocenters. The number of nitrogens with one attached hydrogen (secondary N) is 6. The molecule has 0 bridgehead atoms. The van der Waals surface area contributed by atoms with E-state index in [1.807, 2.05) is 36.4 Å². The summed E-state index contributed by atoms with van der Waals surface area (Å²) in [4.78, 5) is 95.3. The number of anilines is 2. The number of fused-ring (bicyclic) bond motifs is 2. The molecule has 6 aliphatic rings. The number of pyridine rings is 2. The Labute approximate surface area is 606 Å². The molecule has 2 unspecified atom stereocenters. The number of rotatable bonds is 26. The molecule has 0 spiro atoms. The molecule has 4 aromatic heterocycles. The number of ether oxygens (including phenoxy) is 4. The van der Waals surface area contributed by atoms with E-state index in [2.05, 4.69) is 84.9 Å². The number of likely N-dealkylation sites (tertiary alicyclic amines) is 2. The first-order chi connectivity index (χ1) is 49.9. The Hall–Kier alpha value is -10.6. The molecular weight excluding hydrogens is 1430 g/mol. The highest BCUT2D eigenvalue weighted by molar-refractivity contribution is 7.91. The average Bonchev–Trinajstić information content (AvgIpc) is 1.58. The van der Waals surface area contributed by atoms with Gasteiger partial charge in [0.05, 0.1) is 61.6 Å². The van der Waals surface area contributed by atoms with Gasteiger partial charge in [-0.2, -0.15) is 9.36 Å². The number of amides is 6. The summed E-state index contributed by atoms with van der Waals surface area (Å²) in [5.74, 6) is -3.11. The van der Waals surface area contributed by atoms with Crippen molar-refractivity contribution in [2.45, 2.75) is 123 Å². The lowest BCUT2D eigenvalue weighted by Crippen LogP contribution is -2.57. The number of hydrogen-bond acceptors (Lipinski definition) is 24. The van der Waals surface area contributed by atoms with Crippen molar-refractivity contribution in [3.63, 3.8) is 0 Å². The molecule has 104 heavy (non-hydrogen) atoms. The molecule has 4 aliphatic carbocycles. The van der Waals surface area contributed by atoms with E-state index >= 15 is 0 Å². The van der Waals surface area contributed by atoms with Crippen molar-refractivity contribution >= 4 is 112 Å². The predicted octanol–water partition coefficient (Wildman–Crippen LogP) is 4.78. The molecule has 36 heteroatoms. The van der Waals surface area contributed by atoms with Crippen LogP contribution in [-0.2, 0) is 48.8 Å². The maximum absolute atomic E-state index is 14.2. The lowest BCUT2D eigenvalue weighted by molar-refractivity contribution is -0.140. The second kappa shape index (κ2) is 28.9. The van der Waals surface area contributed by atoms with Gasteiger partial charge in [-0.15, -0.1) is 13.2 Å². The lowest BCUT2D eigenvalue weighted by Gasteiger charge is -2.28. The Balaban J connectivity index is 0.000000185. The summed E-state index contributed by atoms with van der Waals surface area (Å²) in [5.41, 5.74) is -1.76. The average molecular weight is 1500 g/mol. The number of hydrogen-bond donors (Lipinski definition) is 6. The fourth-order valence-corrected chi connectivity index (χ4v) is 16.1. The lowest BCUT2D eigenvalue weighted by atomic mass is 10.1. The topological polar surface area (TPSA) is 399 Å². The summed E-state index contributed by atoms with van der Waals surface area (Å²) >= 11 is 12.6. The van der Waals surface area contributed by atoms with Gasteiger partial charge in [0.15, 0.2) is 0 Å². The molecule has 544 valence electrons. The van der Waals surface area contributed by atoms with Gasteiger partial charge in [0.1, 0.15) is 59.0 Å². The number of methoxy groups -OCH3 is 2. The number of tetrazole rings is 2. The number of carbonyl (C=O) groups excluding carboxylic acids is 6. The van der Waals surface area contributed by atoms with Crippen LogP contribution in [-0.4, -0.2) is 198 Å². The monoisotopic (exact) mass is 1500 g/mol. The first kappa shape index (κ1) is 71.8. The van der Waals surface area contributed by atoms with E-state index in [0.717, 1.165) is 0 Å². The number of halogens is 2. The summed E-state index contributed by atoms with van der Waals surface area (Å²) in [6.45, 7) is 10.7. The quantitative estimate of drug-likeness (QED) is 0.0397. The van der Waals surface area contributed by atoms with Crippen LogP contribution in [0.1, 0.15) is 65.2 Å². The van der Waals surface area contributed by atoms with Gasteiger partial charge >= 0.3 is 0 Å². The molecule has 6 heterocycles. The van der Waals surface area contributed by atoms with E-state index in [4.69, 9.17) is 42.1 Å². The van der Waals surface area contributed by atoms with Gasteiger partial charge in [0, 0.05) is 56.3 Å². The summed E-state index contributed by atoms with van der Waals surface area (Å²) in [6, 6.07) is 24.5. The largest absolute Gasteiger partial charge is 0.494 e. The van der Waals surface area contributed by atoms with Gasteiger partial charge in [-0.3, -0.25) is 38.2 Å². The van der Waals surface area contributed by atoms with Crippen LogP contribution < -0.4 is 49.7 Å². The Kier molecular flexibility index (Phi) is 20.0. The minimum atomic E-state index is -3.89. The summed E-state index contributed by atoms with van der Waals surface area (Å²) in [7, 11) is -4.74. The number of nitrogens with zero attached hydrogens (tertiary/aromatic N) is 12. The van der Waals surface area contributed by atoms with Crippen molar-refractivity contribution in [3.8, 4) is 34.6 Å². The van der Waals surface area contributed by atoms with Crippen LogP contribution in [0.5, 0.6) is 23.3 Å². The van der Waals surface area contributed by atoms with Crippen LogP contribution in [0.2, 0.25) is 10.0 Å². The number of aromatic nitrogens is 10. The maximum Gasteiger partial charge on any atom is 0.259 e. The maximum atomic E-state index is 14.2.